The maximum atomic E-state index is 5.34. The molecular formula is C10H13NO. The average Bonchev–Trinajstić information content (AvgIpc) is 2.15. The van der Waals surface area contributed by atoms with Crippen molar-refractivity contribution in [3.05, 3.63) is 35.9 Å². The van der Waals surface area contributed by atoms with Crippen molar-refractivity contribution >= 4 is 6.08 Å². The van der Waals surface area contributed by atoms with E-state index in [2.05, 4.69) is 0 Å². The summed E-state index contributed by atoms with van der Waals surface area (Å²) in [5.74, 6) is 0.877. The molecular weight excluding hydrogens is 150 g/mol. The molecule has 0 radical (unpaired) electrons. The van der Waals surface area contributed by atoms with Gasteiger partial charge in [-0.05, 0) is 6.07 Å². The quantitative estimate of drug-likeness (QED) is 0.735. The summed E-state index contributed by atoms with van der Waals surface area (Å²) in [6.07, 6.45) is 3.86. The number of hydrogen-bond acceptors (Lipinski definition) is 2. The van der Waals surface area contributed by atoms with E-state index in [0.29, 0.717) is 6.54 Å². The van der Waals surface area contributed by atoms with E-state index in [1.165, 1.54) is 0 Å². The predicted molar refractivity (Wildman–Crippen MR) is 51.1 cm³/mol. The highest BCUT2D eigenvalue weighted by atomic mass is 16.5. The minimum atomic E-state index is 0.554. The molecule has 1 rings (SSSR count). The van der Waals surface area contributed by atoms with Crippen molar-refractivity contribution in [3.8, 4) is 5.75 Å². The van der Waals surface area contributed by atoms with Gasteiger partial charge in [-0.15, -0.1) is 0 Å². The Balaban J connectivity index is 2.89. The number of para-hydroxylation sites is 1. The van der Waals surface area contributed by atoms with Gasteiger partial charge in [0, 0.05) is 12.1 Å². The van der Waals surface area contributed by atoms with Gasteiger partial charge >= 0.3 is 0 Å². The second-order valence-corrected chi connectivity index (χ2v) is 2.38. The number of nitrogens with two attached hydrogens (primary N) is 1. The highest BCUT2D eigenvalue weighted by Gasteiger charge is 1.94. The molecule has 0 bridgehead atoms. The monoisotopic (exact) mass is 163 g/mol. The number of hydrogen-bond donors (Lipinski definition) is 1. The van der Waals surface area contributed by atoms with Gasteiger partial charge in [0.15, 0.2) is 0 Å². The lowest BCUT2D eigenvalue weighted by Crippen LogP contribution is -1.92. The van der Waals surface area contributed by atoms with Crippen LogP contribution in [-0.4, -0.2) is 13.7 Å². The van der Waals surface area contributed by atoms with Crippen LogP contribution in [0.5, 0.6) is 5.75 Å². The number of methoxy groups -OCH3 is 1. The molecule has 0 aliphatic carbocycles. The van der Waals surface area contributed by atoms with Crippen molar-refractivity contribution in [2.75, 3.05) is 13.7 Å². The van der Waals surface area contributed by atoms with Gasteiger partial charge in [-0.3, -0.25) is 0 Å². The molecule has 2 nitrogen and oxygen atoms in total. The van der Waals surface area contributed by atoms with E-state index in [0.717, 1.165) is 11.3 Å². The van der Waals surface area contributed by atoms with Crippen molar-refractivity contribution < 1.29 is 4.74 Å². The first-order valence-corrected chi connectivity index (χ1v) is 3.88. The van der Waals surface area contributed by atoms with Crippen LogP contribution in [0.2, 0.25) is 0 Å². The van der Waals surface area contributed by atoms with E-state index in [-0.39, 0.29) is 0 Å². The first-order chi connectivity index (χ1) is 5.88. The topological polar surface area (TPSA) is 35.2 Å². The van der Waals surface area contributed by atoms with Gasteiger partial charge in [0.25, 0.3) is 0 Å². The summed E-state index contributed by atoms with van der Waals surface area (Å²) < 4.78 is 5.15. The van der Waals surface area contributed by atoms with E-state index >= 15 is 0 Å². The van der Waals surface area contributed by atoms with Crippen LogP contribution in [0.3, 0.4) is 0 Å². The summed E-state index contributed by atoms with van der Waals surface area (Å²) in [4.78, 5) is 0. The number of benzene rings is 1. The Morgan fingerprint density at radius 3 is 2.83 bits per heavy atom. The van der Waals surface area contributed by atoms with Crippen LogP contribution in [0.15, 0.2) is 30.3 Å². The lowest BCUT2D eigenvalue weighted by molar-refractivity contribution is 0.414. The summed E-state index contributed by atoms with van der Waals surface area (Å²) in [6, 6.07) is 7.83. The van der Waals surface area contributed by atoms with Crippen LogP contribution in [-0.2, 0) is 0 Å². The lowest BCUT2D eigenvalue weighted by Gasteiger charge is -2.02. The van der Waals surface area contributed by atoms with Crippen LogP contribution in [0.4, 0.5) is 0 Å². The summed E-state index contributed by atoms with van der Waals surface area (Å²) >= 11 is 0. The van der Waals surface area contributed by atoms with Gasteiger partial charge in [-0.2, -0.15) is 0 Å². The normalized spacial score (nSPS) is 10.5. The SMILES string of the molecule is COc1ccccc1/C=C/CN. The fourth-order valence-electron chi connectivity index (χ4n) is 0.999. The fraction of sp³-hybridized carbons (Fsp3) is 0.200. The Morgan fingerprint density at radius 2 is 2.17 bits per heavy atom. The molecule has 0 heterocycles. The summed E-state index contributed by atoms with van der Waals surface area (Å²) in [7, 11) is 1.66. The van der Waals surface area contributed by atoms with Gasteiger partial charge in [0.2, 0.25) is 0 Å². The van der Waals surface area contributed by atoms with Crippen LogP contribution >= 0.6 is 0 Å². The van der Waals surface area contributed by atoms with Crippen LogP contribution in [0, 0.1) is 0 Å². The van der Waals surface area contributed by atoms with Crippen LogP contribution in [0.25, 0.3) is 6.08 Å². The molecule has 1 aromatic rings. The van der Waals surface area contributed by atoms with Crippen molar-refractivity contribution in [2.45, 2.75) is 0 Å². The molecule has 0 saturated heterocycles. The van der Waals surface area contributed by atoms with Crippen molar-refractivity contribution in [3.63, 3.8) is 0 Å². The Morgan fingerprint density at radius 1 is 1.42 bits per heavy atom. The highest BCUT2D eigenvalue weighted by molar-refractivity contribution is 5.57. The minimum Gasteiger partial charge on any atom is -0.496 e. The van der Waals surface area contributed by atoms with Gasteiger partial charge in [-0.25, -0.2) is 0 Å². The summed E-state index contributed by atoms with van der Waals surface area (Å²) in [5, 5.41) is 0. The Kier molecular flexibility index (Phi) is 3.35. The molecule has 0 fully saturated rings. The highest BCUT2D eigenvalue weighted by Crippen LogP contribution is 2.18. The molecule has 12 heavy (non-hydrogen) atoms. The van der Waals surface area contributed by atoms with Crippen LogP contribution in [0.1, 0.15) is 5.56 Å². The number of ether oxygens (including phenoxy) is 1. The molecule has 0 unspecified atom stereocenters. The molecule has 0 atom stereocenters. The first-order valence-electron chi connectivity index (χ1n) is 3.88. The molecule has 2 heteroatoms. The van der Waals surface area contributed by atoms with E-state index in [1.54, 1.807) is 7.11 Å². The van der Waals surface area contributed by atoms with Gasteiger partial charge in [-0.1, -0.05) is 30.4 Å². The Bertz CT molecular complexity index is 268. The van der Waals surface area contributed by atoms with Gasteiger partial charge < -0.3 is 10.5 Å². The third kappa shape index (κ3) is 2.10. The van der Waals surface area contributed by atoms with Crippen molar-refractivity contribution in [2.24, 2.45) is 5.73 Å². The second kappa shape index (κ2) is 4.57. The van der Waals surface area contributed by atoms with Crippen molar-refractivity contribution in [1.29, 1.82) is 0 Å². The van der Waals surface area contributed by atoms with Crippen LogP contribution < -0.4 is 10.5 Å². The zero-order valence-corrected chi connectivity index (χ0v) is 7.16. The Hall–Kier alpha value is -1.28. The Labute approximate surface area is 72.7 Å². The standard InChI is InChI=1S/C10H13NO/c1-12-10-7-3-2-5-9(10)6-4-8-11/h2-7H,8,11H2,1H3/b6-4+. The van der Waals surface area contributed by atoms with E-state index in [1.807, 2.05) is 36.4 Å². The molecule has 64 valence electrons. The smallest absolute Gasteiger partial charge is 0.126 e. The molecule has 0 aromatic heterocycles. The zero-order valence-electron chi connectivity index (χ0n) is 7.16. The summed E-state index contributed by atoms with van der Waals surface area (Å²) in [6.45, 7) is 0.554. The zero-order chi connectivity index (χ0) is 8.81. The van der Waals surface area contributed by atoms with Crippen molar-refractivity contribution in [1.82, 2.24) is 0 Å². The third-order valence-electron chi connectivity index (χ3n) is 1.57. The molecule has 0 spiro atoms. The van der Waals surface area contributed by atoms with Gasteiger partial charge in [0.05, 0.1) is 7.11 Å². The average molecular weight is 163 g/mol. The maximum Gasteiger partial charge on any atom is 0.126 e. The minimum absolute atomic E-state index is 0.554. The fourth-order valence-corrected chi connectivity index (χ4v) is 0.999. The molecule has 1 aromatic carbocycles. The molecule has 0 aliphatic rings. The largest absolute Gasteiger partial charge is 0.496 e. The lowest BCUT2D eigenvalue weighted by atomic mass is 10.2. The maximum absolute atomic E-state index is 5.34. The molecule has 2 N–H and O–H groups in total. The number of rotatable bonds is 3. The summed E-state index contributed by atoms with van der Waals surface area (Å²) in [5.41, 5.74) is 6.40. The molecule has 0 saturated carbocycles. The van der Waals surface area contributed by atoms with Gasteiger partial charge in [0.1, 0.15) is 5.75 Å². The third-order valence-corrected chi connectivity index (χ3v) is 1.57. The molecule has 0 amide bonds. The van der Waals surface area contributed by atoms with E-state index < -0.39 is 0 Å². The first kappa shape index (κ1) is 8.81. The predicted octanol–water partition coefficient (Wildman–Crippen LogP) is 1.67. The second-order valence-electron chi connectivity index (χ2n) is 2.38. The van der Waals surface area contributed by atoms with E-state index in [4.69, 9.17) is 10.5 Å². The molecule has 0 aliphatic heterocycles. The van der Waals surface area contributed by atoms with E-state index in [9.17, 15) is 0 Å².